The Labute approximate surface area is 82.8 Å². The molecule has 0 spiro atoms. The maximum Gasteiger partial charge on any atom is 0.231 e. The summed E-state index contributed by atoms with van der Waals surface area (Å²) in [6.45, 7) is 2.29. The summed E-state index contributed by atoms with van der Waals surface area (Å²) >= 11 is 0. The third-order valence-corrected chi connectivity index (χ3v) is 2.42. The predicted octanol–water partition coefficient (Wildman–Crippen LogP) is 1.41. The minimum Gasteiger partial charge on any atom is -0.454 e. The molecule has 1 unspecified atom stereocenters. The van der Waals surface area contributed by atoms with Crippen LogP contribution in [0.3, 0.4) is 0 Å². The average molecular weight is 194 g/mol. The van der Waals surface area contributed by atoms with Crippen LogP contribution < -0.4 is 20.9 Å². The van der Waals surface area contributed by atoms with E-state index in [4.69, 9.17) is 20.9 Å². The lowest BCUT2D eigenvalue weighted by atomic mass is 10.0. The summed E-state index contributed by atoms with van der Waals surface area (Å²) in [6, 6.07) is 3.60. The van der Waals surface area contributed by atoms with Crippen molar-refractivity contribution in [2.75, 3.05) is 12.5 Å². The van der Waals surface area contributed by atoms with Gasteiger partial charge in [-0.2, -0.15) is 0 Å². The van der Waals surface area contributed by atoms with Gasteiger partial charge >= 0.3 is 0 Å². The molecule has 0 aliphatic carbocycles. The molecule has 14 heavy (non-hydrogen) atoms. The number of nitrogens with two attached hydrogens (primary N) is 2. The second-order valence-corrected chi connectivity index (χ2v) is 3.35. The van der Waals surface area contributed by atoms with Crippen LogP contribution in [0.1, 0.15) is 24.9 Å². The van der Waals surface area contributed by atoms with Gasteiger partial charge in [0.2, 0.25) is 6.79 Å². The SMILES string of the molecule is CCC(N)c1cc2c(cc1N)OCO2. The summed E-state index contributed by atoms with van der Waals surface area (Å²) in [5.74, 6) is 1.44. The van der Waals surface area contributed by atoms with E-state index < -0.39 is 0 Å². The van der Waals surface area contributed by atoms with Gasteiger partial charge in [0.25, 0.3) is 0 Å². The van der Waals surface area contributed by atoms with E-state index in [1.165, 1.54) is 0 Å². The van der Waals surface area contributed by atoms with Gasteiger partial charge in [-0.3, -0.25) is 0 Å². The highest BCUT2D eigenvalue weighted by atomic mass is 16.7. The first-order valence-electron chi connectivity index (χ1n) is 4.67. The second kappa shape index (κ2) is 3.38. The average Bonchev–Trinajstić information content (AvgIpc) is 2.62. The van der Waals surface area contributed by atoms with E-state index in [1.807, 2.05) is 13.0 Å². The van der Waals surface area contributed by atoms with E-state index in [2.05, 4.69) is 0 Å². The smallest absolute Gasteiger partial charge is 0.231 e. The van der Waals surface area contributed by atoms with Gasteiger partial charge in [-0.05, 0) is 18.1 Å². The molecule has 0 saturated carbocycles. The quantitative estimate of drug-likeness (QED) is 0.698. The zero-order valence-corrected chi connectivity index (χ0v) is 8.12. The zero-order valence-electron chi connectivity index (χ0n) is 8.12. The van der Waals surface area contributed by atoms with Crippen LogP contribution >= 0.6 is 0 Å². The molecule has 1 aromatic rings. The largest absolute Gasteiger partial charge is 0.454 e. The first kappa shape index (κ1) is 9.15. The van der Waals surface area contributed by atoms with Gasteiger partial charge in [0.15, 0.2) is 11.5 Å². The number of hydrogen-bond donors (Lipinski definition) is 2. The fourth-order valence-electron chi connectivity index (χ4n) is 1.51. The van der Waals surface area contributed by atoms with Crippen LogP contribution in [-0.4, -0.2) is 6.79 Å². The number of benzene rings is 1. The first-order valence-corrected chi connectivity index (χ1v) is 4.67. The molecule has 76 valence electrons. The second-order valence-electron chi connectivity index (χ2n) is 3.35. The number of nitrogen functional groups attached to an aromatic ring is 1. The molecule has 1 aromatic carbocycles. The molecule has 4 heteroatoms. The standard InChI is InChI=1S/C10H14N2O2/c1-2-7(11)6-3-9-10(4-8(6)12)14-5-13-9/h3-4,7H,2,5,11-12H2,1H3. The molecule has 2 rings (SSSR count). The molecule has 0 saturated heterocycles. The monoisotopic (exact) mass is 194 g/mol. The molecule has 1 aliphatic rings. The molecule has 4 nitrogen and oxygen atoms in total. The van der Waals surface area contributed by atoms with Gasteiger partial charge in [-0.15, -0.1) is 0 Å². The normalized spacial score (nSPS) is 15.6. The number of fused-ring (bicyclic) bond motifs is 1. The van der Waals surface area contributed by atoms with Gasteiger partial charge < -0.3 is 20.9 Å². The Morgan fingerprint density at radius 1 is 1.36 bits per heavy atom. The van der Waals surface area contributed by atoms with Crippen molar-refractivity contribution in [1.29, 1.82) is 0 Å². The lowest BCUT2D eigenvalue weighted by molar-refractivity contribution is 0.174. The third kappa shape index (κ3) is 1.37. The molecule has 0 radical (unpaired) electrons. The van der Waals surface area contributed by atoms with Crippen molar-refractivity contribution in [2.24, 2.45) is 5.73 Å². The molecule has 0 fully saturated rings. The Bertz CT molecular complexity index is 352. The molecule has 1 atom stereocenters. The predicted molar refractivity (Wildman–Crippen MR) is 54.2 cm³/mol. The van der Waals surface area contributed by atoms with Gasteiger partial charge in [0.05, 0.1) is 0 Å². The zero-order chi connectivity index (χ0) is 10.1. The first-order chi connectivity index (χ1) is 6.72. The van der Waals surface area contributed by atoms with Crippen molar-refractivity contribution in [3.05, 3.63) is 17.7 Å². The van der Waals surface area contributed by atoms with Crippen LogP contribution in [0, 0.1) is 0 Å². The lowest BCUT2D eigenvalue weighted by Gasteiger charge is -2.12. The van der Waals surface area contributed by atoms with Crippen LogP contribution in [-0.2, 0) is 0 Å². The van der Waals surface area contributed by atoms with Gasteiger partial charge in [0.1, 0.15) is 0 Å². The summed E-state index contributed by atoms with van der Waals surface area (Å²) in [7, 11) is 0. The summed E-state index contributed by atoms with van der Waals surface area (Å²) in [6.07, 6.45) is 0.851. The third-order valence-electron chi connectivity index (χ3n) is 2.42. The van der Waals surface area contributed by atoms with Crippen molar-refractivity contribution in [1.82, 2.24) is 0 Å². The van der Waals surface area contributed by atoms with Crippen molar-refractivity contribution in [3.63, 3.8) is 0 Å². The number of hydrogen-bond acceptors (Lipinski definition) is 4. The Balaban J connectivity index is 2.42. The van der Waals surface area contributed by atoms with E-state index in [0.717, 1.165) is 17.7 Å². The summed E-state index contributed by atoms with van der Waals surface area (Å²) < 4.78 is 10.5. The van der Waals surface area contributed by atoms with Crippen molar-refractivity contribution in [2.45, 2.75) is 19.4 Å². The fourth-order valence-corrected chi connectivity index (χ4v) is 1.51. The fraction of sp³-hybridized carbons (Fsp3) is 0.400. The molecule has 1 aliphatic heterocycles. The van der Waals surface area contributed by atoms with E-state index in [9.17, 15) is 0 Å². The van der Waals surface area contributed by atoms with Crippen LogP contribution in [0.2, 0.25) is 0 Å². The van der Waals surface area contributed by atoms with Crippen molar-refractivity contribution >= 4 is 5.69 Å². The number of anilines is 1. The number of rotatable bonds is 2. The molecule has 4 N–H and O–H groups in total. The Morgan fingerprint density at radius 3 is 2.64 bits per heavy atom. The Kier molecular flexibility index (Phi) is 2.21. The van der Waals surface area contributed by atoms with Gasteiger partial charge in [-0.1, -0.05) is 6.92 Å². The Morgan fingerprint density at radius 2 is 2.00 bits per heavy atom. The van der Waals surface area contributed by atoms with Crippen LogP contribution in [0.15, 0.2) is 12.1 Å². The van der Waals surface area contributed by atoms with E-state index in [0.29, 0.717) is 11.4 Å². The Hall–Kier alpha value is -1.42. The highest BCUT2D eigenvalue weighted by Crippen LogP contribution is 2.37. The number of ether oxygens (including phenoxy) is 2. The van der Waals surface area contributed by atoms with E-state index >= 15 is 0 Å². The molecule has 0 aromatic heterocycles. The van der Waals surface area contributed by atoms with Crippen molar-refractivity contribution < 1.29 is 9.47 Å². The highest BCUT2D eigenvalue weighted by molar-refractivity contribution is 5.59. The molecular weight excluding hydrogens is 180 g/mol. The van der Waals surface area contributed by atoms with Crippen LogP contribution in [0.4, 0.5) is 5.69 Å². The lowest BCUT2D eigenvalue weighted by Crippen LogP contribution is -2.11. The van der Waals surface area contributed by atoms with Crippen molar-refractivity contribution in [3.8, 4) is 11.5 Å². The summed E-state index contributed by atoms with van der Waals surface area (Å²) in [4.78, 5) is 0. The summed E-state index contributed by atoms with van der Waals surface area (Å²) in [5, 5.41) is 0. The highest BCUT2D eigenvalue weighted by Gasteiger charge is 2.18. The minimum absolute atomic E-state index is 0.0375. The molecule has 0 bridgehead atoms. The van der Waals surface area contributed by atoms with Gasteiger partial charge in [-0.25, -0.2) is 0 Å². The topological polar surface area (TPSA) is 70.5 Å². The molecular formula is C10H14N2O2. The molecule has 0 amide bonds. The van der Waals surface area contributed by atoms with Crippen LogP contribution in [0.5, 0.6) is 11.5 Å². The maximum atomic E-state index is 5.91. The van der Waals surface area contributed by atoms with Crippen LogP contribution in [0.25, 0.3) is 0 Å². The summed E-state index contributed by atoms with van der Waals surface area (Å²) in [5.41, 5.74) is 13.4. The van der Waals surface area contributed by atoms with E-state index in [1.54, 1.807) is 6.07 Å². The van der Waals surface area contributed by atoms with E-state index in [-0.39, 0.29) is 12.8 Å². The van der Waals surface area contributed by atoms with Gasteiger partial charge in [0, 0.05) is 17.8 Å². The minimum atomic E-state index is -0.0375. The molecule has 1 heterocycles. The maximum absolute atomic E-state index is 5.91.